The number of carbonyl (C=O) groups excluding carboxylic acids is 1. The Bertz CT molecular complexity index is 1050. The fraction of sp³-hybridized carbons (Fsp3) is 0.444. The molecule has 1 saturated carbocycles. The predicted molar refractivity (Wildman–Crippen MR) is 143 cm³/mol. The molecule has 7 heteroatoms. The summed E-state index contributed by atoms with van der Waals surface area (Å²) in [4.78, 5) is 16.3. The monoisotopic (exact) mass is 544 g/mol. The summed E-state index contributed by atoms with van der Waals surface area (Å²) in [5, 5.41) is 5.29. The third-order valence-corrected chi connectivity index (χ3v) is 9.09. The van der Waals surface area contributed by atoms with E-state index in [1.807, 2.05) is 36.8 Å². The van der Waals surface area contributed by atoms with Crippen LogP contribution in [0.4, 0.5) is 0 Å². The van der Waals surface area contributed by atoms with E-state index in [0.29, 0.717) is 0 Å². The third kappa shape index (κ3) is 5.03. The van der Waals surface area contributed by atoms with Crippen molar-refractivity contribution in [3.63, 3.8) is 0 Å². The first-order valence-electron chi connectivity index (χ1n) is 11.7. The quantitative estimate of drug-likeness (QED) is 0.356. The van der Waals surface area contributed by atoms with Gasteiger partial charge in [-0.1, -0.05) is 18.2 Å². The fourth-order valence-corrected chi connectivity index (χ4v) is 7.13. The van der Waals surface area contributed by atoms with Crippen LogP contribution in [0.2, 0.25) is 0 Å². The van der Waals surface area contributed by atoms with E-state index in [4.69, 9.17) is 9.47 Å². The van der Waals surface area contributed by atoms with Crippen molar-refractivity contribution in [3.8, 4) is 5.75 Å². The molecule has 5 nitrogen and oxygen atoms in total. The van der Waals surface area contributed by atoms with E-state index in [1.54, 1.807) is 24.5 Å². The number of nitrogens with one attached hydrogen (secondary N) is 1. The number of carbonyl (C=O) groups is 1. The first kappa shape index (κ1) is 25.2. The summed E-state index contributed by atoms with van der Waals surface area (Å²) in [7, 11) is 3.54. The fourth-order valence-electron chi connectivity index (χ4n) is 5.80. The van der Waals surface area contributed by atoms with Gasteiger partial charge in [0.1, 0.15) is 5.75 Å². The Balaban J connectivity index is 1.60. The number of halogens is 1. The SMILES string of the molecule is C=CCN1CC[C@@]2(c3cccc(OC)c3)C[C@H](NC(=O)C=Cc3cc(Br)cs3)CC[C@]2(OC)C1. The molecule has 0 radical (unpaired) electrons. The lowest BCUT2D eigenvalue weighted by molar-refractivity contribution is -0.148. The highest BCUT2D eigenvalue weighted by atomic mass is 79.9. The van der Waals surface area contributed by atoms with Crippen LogP contribution in [0, 0.1) is 0 Å². The maximum Gasteiger partial charge on any atom is 0.244 e. The smallest absolute Gasteiger partial charge is 0.244 e. The van der Waals surface area contributed by atoms with Crippen LogP contribution in [-0.4, -0.2) is 56.3 Å². The summed E-state index contributed by atoms with van der Waals surface area (Å²) >= 11 is 5.07. The Kier molecular flexibility index (Phi) is 7.97. The largest absolute Gasteiger partial charge is 0.497 e. The van der Waals surface area contributed by atoms with Gasteiger partial charge in [-0.2, -0.15) is 0 Å². The van der Waals surface area contributed by atoms with Gasteiger partial charge in [-0.3, -0.25) is 9.69 Å². The van der Waals surface area contributed by atoms with Crippen molar-refractivity contribution in [1.82, 2.24) is 10.2 Å². The molecule has 0 spiro atoms. The third-order valence-electron chi connectivity index (χ3n) is 7.43. The lowest BCUT2D eigenvalue weighted by atomic mass is 9.55. The molecule has 34 heavy (non-hydrogen) atoms. The first-order chi connectivity index (χ1) is 16.4. The number of ether oxygens (including phenoxy) is 2. The predicted octanol–water partition coefficient (Wildman–Crippen LogP) is 5.42. The number of benzene rings is 1. The minimum atomic E-state index is -0.332. The number of methoxy groups -OCH3 is 2. The molecule has 1 saturated heterocycles. The zero-order valence-corrected chi connectivity index (χ0v) is 22.3. The number of amides is 1. The average molecular weight is 546 g/mol. The van der Waals surface area contributed by atoms with E-state index in [2.05, 4.69) is 50.9 Å². The number of likely N-dealkylation sites (tertiary alicyclic amines) is 1. The lowest BCUT2D eigenvalue weighted by Gasteiger charge is -2.59. The second kappa shape index (κ2) is 10.8. The lowest BCUT2D eigenvalue weighted by Crippen LogP contribution is -2.67. The number of nitrogens with zero attached hydrogens (tertiary/aromatic N) is 1. The van der Waals surface area contributed by atoms with Gasteiger partial charge in [0.15, 0.2) is 0 Å². The van der Waals surface area contributed by atoms with Gasteiger partial charge in [-0.25, -0.2) is 0 Å². The van der Waals surface area contributed by atoms with Crippen LogP contribution < -0.4 is 10.1 Å². The summed E-state index contributed by atoms with van der Waals surface area (Å²) in [5.41, 5.74) is 0.679. The van der Waals surface area contributed by atoms with E-state index in [9.17, 15) is 4.79 Å². The van der Waals surface area contributed by atoms with Crippen LogP contribution in [0.15, 0.2) is 58.9 Å². The van der Waals surface area contributed by atoms with Gasteiger partial charge in [-0.15, -0.1) is 17.9 Å². The van der Waals surface area contributed by atoms with E-state index in [0.717, 1.165) is 60.4 Å². The number of hydrogen-bond acceptors (Lipinski definition) is 5. The van der Waals surface area contributed by atoms with Gasteiger partial charge in [0.25, 0.3) is 0 Å². The molecule has 2 aliphatic rings. The standard InChI is InChI=1S/C27H33BrN2O3S/c1-4-13-30-14-12-26(20-6-5-7-23(15-20)32-2)17-22(10-11-27(26,19-30)33-3)29-25(31)9-8-24-16-21(28)18-34-24/h4-9,15-16,18,22H,1,10-14,17,19H2,2-3H3,(H,29,31)/t22-,26+,27+/m1/s1. The number of piperidine rings is 1. The molecule has 4 rings (SSSR count). The Morgan fingerprint density at radius 3 is 2.91 bits per heavy atom. The van der Waals surface area contributed by atoms with Crippen molar-refractivity contribution in [2.24, 2.45) is 0 Å². The van der Waals surface area contributed by atoms with Crippen LogP contribution in [0.25, 0.3) is 6.08 Å². The van der Waals surface area contributed by atoms with Crippen LogP contribution >= 0.6 is 27.3 Å². The molecule has 0 unspecified atom stereocenters. The van der Waals surface area contributed by atoms with E-state index >= 15 is 0 Å². The maximum atomic E-state index is 12.8. The molecule has 1 amide bonds. The number of thiophene rings is 1. The van der Waals surface area contributed by atoms with E-state index in [1.165, 1.54) is 5.56 Å². The van der Waals surface area contributed by atoms with Crippen molar-refractivity contribution in [2.75, 3.05) is 33.9 Å². The van der Waals surface area contributed by atoms with Gasteiger partial charge < -0.3 is 14.8 Å². The molecule has 1 aliphatic heterocycles. The first-order valence-corrected chi connectivity index (χ1v) is 13.4. The molecule has 1 aromatic carbocycles. The van der Waals surface area contributed by atoms with Crippen molar-refractivity contribution >= 4 is 39.2 Å². The summed E-state index contributed by atoms with van der Waals surface area (Å²) in [6.45, 7) is 6.59. The zero-order valence-electron chi connectivity index (χ0n) is 19.9. The van der Waals surface area contributed by atoms with Gasteiger partial charge in [-0.05, 0) is 78.0 Å². The van der Waals surface area contributed by atoms with Crippen molar-refractivity contribution in [3.05, 3.63) is 69.4 Å². The summed E-state index contributed by atoms with van der Waals surface area (Å²) in [5.74, 6) is 0.797. The molecule has 2 heterocycles. The Hall–Kier alpha value is -1.93. The molecule has 1 N–H and O–H groups in total. The Morgan fingerprint density at radius 1 is 1.35 bits per heavy atom. The molecule has 3 atom stereocenters. The summed E-state index contributed by atoms with van der Waals surface area (Å²) in [6.07, 6.45) is 9.02. The zero-order chi connectivity index (χ0) is 24.2. The summed E-state index contributed by atoms with van der Waals surface area (Å²) < 4.78 is 13.0. The van der Waals surface area contributed by atoms with E-state index < -0.39 is 0 Å². The number of hydrogen-bond donors (Lipinski definition) is 1. The van der Waals surface area contributed by atoms with Crippen LogP contribution in [0.1, 0.15) is 36.1 Å². The Morgan fingerprint density at radius 2 is 2.21 bits per heavy atom. The number of fused-ring (bicyclic) bond motifs is 1. The molecule has 2 fully saturated rings. The van der Waals surface area contributed by atoms with Gasteiger partial charge >= 0.3 is 0 Å². The molecule has 0 bridgehead atoms. The van der Waals surface area contributed by atoms with Crippen LogP contribution in [-0.2, 0) is 14.9 Å². The molecule has 1 aromatic heterocycles. The van der Waals surface area contributed by atoms with Crippen LogP contribution in [0.5, 0.6) is 5.75 Å². The van der Waals surface area contributed by atoms with Crippen LogP contribution in [0.3, 0.4) is 0 Å². The second-order valence-electron chi connectivity index (χ2n) is 9.24. The topological polar surface area (TPSA) is 50.8 Å². The van der Waals surface area contributed by atoms with Crippen molar-refractivity contribution in [1.29, 1.82) is 0 Å². The highest BCUT2D eigenvalue weighted by Crippen LogP contribution is 2.53. The summed E-state index contributed by atoms with van der Waals surface area (Å²) in [6, 6.07) is 10.5. The molecular weight excluding hydrogens is 512 g/mol. The average Bonchev–Trinajstić information content (AvgIpc) is 3.28. The highest BCUT2D eigenvalue weighted by molar-refractivity contribution is 9.10. The van der Waals surface area contributed by atoms with Gasteiger partial charge in [0.2, 0.25) is 5.91 Å². The number of rotatable bonds is 8. The highest BCUT2D eigenvalue weighted by Gasteiger charge is 2.58. The molecule has 182 valence electrons. The normalized spacial score (nSPS) is 27.3. The second-order valence-corrected chi connectivity index (χ2v) is 11.1. The molecule has 2 aromatic rings. The molecular formula is C27H33BrN2O3S. The van der Waals surface area contributed by atoms with Crippen molar-refractivity contribution < 1.29 is 14.3 Å². The van der Waals surface area contributed by atoms with Gasteiger partial charge in [0.05, 0.1) is 12.7 Å². The van der Waals surface area contributed by atoms with Crippen molar-refractivity contribution in [2.45, 2.75) is 42.7 Å². The minimum absolute atomic E-state index is 0.0516. The maximum absolute atomic E-state index is 12.8. The molecule has 1 aliphatic carbocycles. The van der Waals surface area contributed by atoms with Gasteiger partial charge in [0, 0.05) is 52.5 Å². The minimum Gasteiger partial charge on any atom is -0.497 e. The van der Waals surface area contributed by atoms with E-state index in [-0.39, 0.29) is 23.0 Å². The Labute approximate surface area is 215 Å².